The van der Waals surface area contributed by atoms with Crippen LogP contribution >= 0.6 is 11.3 Å². The third kappa shape index (κ3) is 4.68. The fourth-order valence-electron chi connectivity index (χ4n) is 1.21. The van der Waals surface area contributed by atoms with Gasteiger partial charge >= 0.3 is 5.97 Å². The van der Waals surface area contributed by atoms with E-state index in [9.17, 15) is 17.4 Å². The Labute approximate surface area is 118 Å². The number of thiophene rings is 1. The molecule has 0 aliphatic rings. The van der Waals surface area contributed by atoms with Crippen molar-refractivity contribution in [3.8, 4) is 0 Å². The lowest BCUT2D eigenvalue weighted by Gasteiger charge is -2.08. The summed E-state index contributed by atoms with van der Waals surface area (Å²) in [6.45, 7) is 1.95. The quantitative estimate of drug-likeness (QED) is 0.775. The minimum atomic E-state index is -3.69. The van der Waals surface area contributed by atoms with E-state index in [1.807, 2.05) is 0 Å². The van der Waals surface area contributed by atoms with Gasteiger partial charge in [0, 0.05) is 28.9 Å². The van der Waals surface area contributed by atoms with Gasteiger partial charge in [0.1, 0.15) is 9.09 Å². The van der Waals surface area contributed by atoms with Crippen LogP contribution < -0.4 is 4.72 Å². The first kappa shape index (κ1) is 16.3. The molecule has 0 fully saturated rings. The Bertz CT molecular complexity index is 578. The minimum absolute atomic E-state index is 0.0246. The second-order valence-electron chi connectivity index (χ2n) is 3.92. The highest BCUT2D eigenvalue weighted by molar-refractivity contribution is 7.91. The highest BCUT2D eigenvalue weighted by Gasteiger charge is 2.19. The number of hydrogen-bond acceptors (Lipinski definition) is 5. The van der Waals surface area contributed by atoms with Crippen molar-refractivity contribution in [3.63, 3.8) is 0 Å². The first-order valence-corrected chi connectivity index (χ1v) is 9.31. The maximum Gasteiger partial charge on any atom is 0.345 e. The molecular formula is C10H15NO5S3. The Morgan fingerprint density at radius 3 is 2.63 bits per heavy atom. The number of carboxylic acid groups (broad SMARTS) is 1. The Balaban J connectivity index is 2.65. The second kappa shape index (κ2) is 6.60. The minimum Gasteiger partial charge on any atom is -0.477 e. The van der Waals surface area contributed by atoms with Crippen LogP contribution in [0, 0.1) is 0 Å². The molecule has 0 bridgehead atoms. The fourth-order valence-corrected chi connectivity index (χ4v) is 3.90. The molecule has 2 N–H and O–H groups in total. The molecule has 1 heterocycles. The van der Waals surface area contributed by atoms with Crippen molar-refractivity contribution in [1.82, 2.24) is 4.72 Å². The smallest absolute Gasteiger partial charge is 0.345 e. The third-order valence-electron chi connectivity index (χ3n) is 2.47. The summed E-state index contributed by atoms with van der Waals surface area (Å²) in [5.41, 5.74) is 0. The Hall–Kier alpha value is -0.770. The van der Waals surface area contributed by atoms with Gasteiger partial charge in [0.2, 0.25) is 10.0 Å². The summed E-state index contributed by atoms with van der Waals surface area (Å²) in [4.78, 5) is 10.7. The van der Waals surface area contributed by atoms with Crippen LogP contribution in [0.25, 0.3) is 0 Å². The van der Waals surface area contributed by atoms with Gasteiger partial charge in [-0.3, -0.25) is 4.21 Å². The van der Waals surface area contributed by atoms with Crippen molar-refractivity contribution in [2.45, 2.75) is 22.8 Å². The summed E-state index contributed by atoms with van der Waals surface area (Å²) in [6.07, 6.45) is 2.02. The van der Waals surface area contributed by atoms with Gasteiger partial charge in [-0.15, -0.1) is 11.3 Å². The zero-order valence-corrected chi connectivity index (χ0v) is 12.9. The van der Waals surface area contributed by atoms with E-state index in [0.717, 1.165) is 0 Å². The molecule has 1 aromatic rings. The summed E-state index contributed by atoms with van der Waals surface area (Å²) in [7, 11) is -4.68. The van der Waals surface area contributed by atoms with E-state index in [0.29, 0.717) is 17.8 Å². The number of carbonyl (C=O) groups is 1. The predicted octanol–water partition coefficient (Wildman–Crippen LogP) is 0.882. The average Bonchev–Trinajstić information content (AvgIpc) is 2.78. The molecule has 2 atom stereocenters. The van der Waals surface area contributed by atoms with E-state index in [4.69, 9.17) is 5.11 Å². The third-order valence-corrected chi connectivity index (χ3v) is 6.86. The van der Waals surface area contributed by atoms with Crippen LogP contribution in [0.3, 0.4) is 0 Å². The van der Waals surface area contributed by atoms with Gasteiger partial charge < -0.3 is 5.11 Å². The standard InChI is InChI=1S/C10H15NO5S3/c1-7(18(2)14)5-6-11-19(15,16)9-4-3-8(17-9)10(12)13/h3-4,7,11H,5-6H2,1-2H3,(H,12,13). The molecule has 0 aliphatic carbocycles. The van der Waals surface area contributed by atoms with E-state index in [1.165, 1.54) is 12.1 Å². The fraction of sp³-hybridized carbons (Fsp3) is 0.500. The van der Waals surface area contributed by atoms with Crippen LogP contribution in [-0.4, -0.2) is 41.8 Å². The summed E-state index contributed by atoms with van der Waals surface area (Å²) in [5.74, 6) is -1.15. The summed E-state index contributed by atoms with van der Waals surface area (Å²) < 4.78 is 37.2. The van der Waals surface area contributed by atoms with E-state index in [1.54, 1.807) is 13.2 Å². The van der Waals surface area contributed by atoms with E-state index in [-0.39, 0.29) is 20.9 Å². The Morgan fingerprint density at radius 1 is 1.53 bits per heavy atom. The number of aromatic carboxylic acids is 1. The van der Waals surface area contributed by atoms with Gasteiger partial charge in [-0.05, 0) is 18.6 Å². The molecule has 2 unspecified atom stereocenters. The lowest BCUT2D eigenvalue weighted by molar-refractivity contribution is 0.0702. The second-order valence-corrected chi connectivity index (χ2v) is 8.80. The van der Waals surface area contributed by atoms with E-state index < -0.39 is 26.8 Å². The van der Waals surface area contributed by atoms with Crippen LogP contribution in [0.1, 0.15) is 23.0 Å². The molecule has 108 valence electrons. The molecule has 0 amide bonds. The molecule has 0 spiro atoms. The number of carboxylic acids is 1. The zero-order chi connectivity index (χ0) is 14.6. The molecule has 1 aromatic heterocycles. The lowest BCUT2D eigenvalue weighted by atomic mass is 10.3. The van der Waals surface area contributed by atoms with Gasteiger partial charge in [-0.1, -0.05) is 6.92 Å². The van der Waals surface area contributed by atoms with Crippen molar-refractivity contribution in [3.05, 3.63) is 17.0 Å². The molecule has 0 aromatic carbocycles. The van der Waals surface area contributed by atoms with Crippen molar-refractivity contribution in [2.24, 2.45) is 0 Å². The highest BCUT2D eigenvalue weighted by Crippen LogP contribution is 2.21. The maximum atomic E-state index is 11.8. The van der Waals surface area contributed by atoms with Crippen LogP contribution in [0.15, 0.2) is 16.3 Å². The lowest BCUT2D eigenvalue weighted by Crippen LogP contribution is -2.27. The topological polar surface area (TPSA) is 101 Å². The van der Waals surface area contributed by atoms with Crippen molar-refractivity contribution in [1.29, 1.82) is 0 Å². The van der Waals surface area contributed by atoms with Crippen molar-refractivity contribution in [2.75, 3.05) is 12.8 Å². The number of sulfonamides is 1. The predicted molar refractivity (Wildman–Crippen MR) is 74.6 cm³/mol. The monoisotopic (exact) mass is 325 g/mol. The van der Waals surface area contributed by atoms with Crippen LogP contribution in [0.4, 0.5) is 0 Å². The Morgan fingerprint density at radius 2 is 2.16 bits per heavy atom. The normalized spacial score (nSPS) is 15.1. The first-order valence-electron chi connectivity index (χ1n) is 5.39. The van der Waals surface area contributed by atoms with Crippen LogP contribution in [-0.2, 0) is 20.8 Å². The molecule has 19 heavy (non-hydrogen) atoms. The van der Waals surface area contributed by atoms with Crippen LogP contribution in [0.2, 0.25) is 0 Å². The molecule has 0 aliphatic heterocycles. The average molecular weight is 325 g/mol. The number of rotatable bonds is 7. The highest BCUT2D eigenvalue weighted by atomic mass is 32.2. The largest absolute Gasteiger partial charge is 0.477 e. The molecule has 6 nitrogen and oxygen atoms in total. The molecule has 1 rings (SSSR count). The van der Waals surface area contributed by atoms with Gasteiger partial charge in [0.15, 0.2) is 0 Å². The van der Waals surface area contributed by atoms with Gasteiger partial charge in [-0.2, -0.15) is 0 Å². The first-order chi connectivity index (χ1) is 8.74. The van der Waals surface area contributed by atoms with Gasteiger partial charge in [0.25, 0.3) is 0 Å². The molecule has 9 heteroatoms. The summed E-state index contributed by atoms with van der Waals surface area (Å²) >= 11 is 0.703. The maximum absolute atomic E-state index is 11.8. The van der Waals surface area contributed by atoms with E-state index >= 15 is 0 Å². The molecule has 0 radical (unpaired) electrons. The molecular weight excluding hydrogens is 310 g/mol. The summed E-state index contributed by atoms with van der Waals surface area (Å²) in [5, 5.41) is 8.64. The van der Waals surface area contributed by atoms with Crippen molar-refractivity contribution < 1.29 is 22.5 Å². The summed E-state index contributed by atoms with van der Waals surface area (Å²) in [6, 6.07) is 2.52. The number of nitrogens with one attached hydrogen (secondary N) is 1. The van der Waals surface area contributed by atoms with Crippen molar-refractivity contribution >= 4 is 38.1 Å². The number of hydrogen-bond donors (Lipinski definition) is 2. The van der Waals surface area contributed by atoms with Gasteiger partial charge in [0.05, 0.1) is 0 Å². The van der Waals surface area contributed by atoms with Crippen LogP contribution in [0.5, 0.6) is 0 Å². The molecule has 0 saturated heterocycles. The zero-order valence-electron chi connectivity index (χ0n) is 10.5. The van der Waals surface area contributed by atoms with E-state index in [2.05, 4.69) is 4.72 Å². The Kier molecular flexibility index (Phi) is 5.65. The SMILES string of the molecule is CC(CCNS(=O)(=O)c1ccc(C(=O)O)s1)S(C)=O. The van der Waals surface area contributed by atoms with Gasteiger partial charge in [-0.25, -0.2) is 17.9 Å². The molecule has 0 saturated carbocycles.